The molecule has 0 amide bonds. The Hall–Kier alpha value is -7.89. The first-order chi connectivity index (χ1) is 36.6. The minimum Gasteiger partial charge on any atom is -0.457 e. The first-order valence-corrected chi connectivity index (χ1v) is 22.5. The lowest BCUT2D eigenvalue weighted by Gasteiger charge is -2.27. The van der Waals surface area contributed by atoms with Crippen molar-refractivity contribution >= 4 is 44.6 Å². The van der Waals surface area contributed by atoms with Gasteiger partial charge in [0.1, 0.15) is 24.0 Å². The normalized spacial score (nSPS) is 14.9. The highest BCUT2D eigenvalue weighted by Crippen LogP contribution is 2.50. The summed E-state index contributed by atoms with van der Waals surface area (Å²) < 4.78 is 96.5. The van der Waals surface area contributed by atoms with Crippen LogP contribution in [-0.2, 0) is 10.8 Å². The van der Waals surface area contributed by atoms with Crippen LogP contribution in [0.2, 0.25) is 0 Å². The van der Waals surface area contributed by atoms with Gasteiger partial charge in [0.05, 0.1) is 41.8 Å². The number of para-hydroxylation sites is 3. The second-order valence-corrected chi connectivity index (χ2v) is 19.0. The first-order valence-electron chi connectivity index (χ1n) is 27.5. The number of fused-ring (bicyclic) bond motifs is 4. The molecule has 1 aliphatic heterocycles. The fraction of sp³-hybridized carbons (Fsp3) is 0.145. The van der Waals surface area contributed by atoms with E-state index < -0.39 is 60.4 Å². The minimum atomic E-state index is -0.552. The number of pyridine rings is 1. The Morgan fingerprint density at radius 2 is 1.12 bits per heavy atom. The summed E-state index contributed by atoms with van der Waals surface area (Å²) in [6.45, 7) is 13.3. The molecule has 5 nitrogen and oxygen atoms in total. The molecule has 11 rings (SSSR count). The van der Waals surface area contributed by atoms with Gasteiger partial charge in [-0.15, -0.1) is 0 Å². The first kappa shape index (κ1) is 31.9. The Labute approximate surface area is 408 Å². The van der Waals surface area contributed by atoms with Gasteiger partial charge in [-0.05, 0) is 105 Å². The summed E-state index contributed by atoms with van der Waals surface area (Å²) in [5.41, 5.74) is 9.23. The van der Waals surface area contributed by atoms with Crippen molar-refractivity contribution in [1.82, 2.24) is 9.55 Å². The molecule has 0 N–H and O–H groups in total. The third kappa shape index (κ3) is 7.80. The van der Waals surface area contributed by atoms with Gasteiger partial charge < -0.3 is 14.5 Å². The van der Waals surface area contributed by atoms with Gasteiger partial charge in [0.25, 0.3) is 0 Å². The topological polar surface area (TPSA) is 33.5 Å². The summed E-state index contributed by atoms with van der Waals surface area (Å²) in [6.07, 6.45) is 1.87. The molecule has 67 heavy (non-hydrogen) atoms. The van der Waals surface area contributed by atoms with Gasteiger partial charge >= 0.3 is 0 Å². The Bertz CT molecular complexity index is 3900. The van der Waals surface area contributed by atoms with E-state index in [2.05, 4.69) is 118 Å². The van der Waals surface area contributed by atoms with E-state index >= 15 is 0 Å². The Morgan fingerprint density at radius 1 is 0.493 bits per heavy atom. The molecule has 0 fully saturated rings. The van der Waals surface area contributed by atoms with Gasteiger partial charge in [-0.1, -0.05) is 169 Å². The third-order valence-corrected chi connectivity index (χ3v) is 12.6. The number of hydrogen-bond acceptors (Lipinski definition) is 4. The van der Waals surface area contributed by atoms with Crippen molar-refractivity contribution in [1.29, 1.82) is 0 Å². The van der Waals surface area contributed by atoms with E-state index in [1.165, 1.54) is 5.56 Å². The maximum atomic E-state index is 9.07. The van der Waals surface area contributed by atoms with E-state index in [0.717, 1.165) is 55.7 Å². The van der Waals surface area contributed by atoms with Crippen LogP contribution in [0.1, 0.15) is 66.4 Å². The molecule has 10 aromatic rings. The highest BCUT2D eigenvalue weighted by molar-refractivity contribution is 6.11. The number of rotatable bonds is 8. The number of aromatic nitrogens is 2. The van der Waals surface area contributed by atoms with Gasteiger partial charge in [0.2, 0.25) is 0 Å². The quantitative estimate of drug-likeness (QED) is 0.152. The average Bonchev–Trinajstić information content (AvgIpc) is 4.07. The Morgan fingerprint density at radius 3 is 1.79 bits per heavy atom. The molecule has 0 aliphatic carbocycles. The van der Waals surface area contributed by atoms with Crippen LogP contribution in [0.25, 0.3) is 61.0 Å². The number of anilines is 4. The molecular formula is C62H54N4O. The molecule has 0 unspecified atom stereocenters. The van der Waals surface area contributed by atoms with Crippen molar-refractivity contribution in [3.63, 3.8) is 0 Å². The molecule has 328 valence electrons. The van der Waals surface area contributed by atoms with Crippen molar-refractivity contribution in [3.8, 4) is 50.7 Å². The number of ether oxygens (including phenoxy) is 1. The zero-order chi connectivity index (χ0) is 54.6. The number of hydrogen-bond donors (Lipinski definition) is 0. The molecule has 0 atom stereocenters. The van der Waals surface area contributed by atoms with Crippen molar-refractivity contribution in [3.05, 3.63) is 217 Å². The fourth-order valence-corrected chi connectivity index (χ4v) is 9.14. The largest absolute Gasteiger partial charge is 0.457 e. The highest BCUT2D eigenvalue weighted by Gasteiger charge is 2.31. The maximum absolute atomic E-state index is 9.07. The molecule has 0 saturated carbocycles. The van der Waals surface area contributed by atoms with Crippen LogP contribution in [0.5, 0.6) is 11.5 Å². The zero-order valence-electron chi connectivity index (χ0n) is 48.3. The van der Waals surface area contributed by atoms with Crippen LogP contribution in [-0.4, -0.2) is 16.2 Å². The monoisotopic (exact) mass is 880 g/mol. The predicted octanol–water partition coefficient (Wildman–Crippen LogP) is 16.8. The fourth-order valence-electron chi connectivity index (χ4n) is 9.14. The van der Waals surface area contributed by atoms with Crippen molar-refractivity contribution in [2.45, 2.75) is 52.4 Å². The molecule has 0 saturated heterocycles. The van der Waals surface area contributed by atoms with Gasteiger partial charge in [-0.2, -0.15) is 0 Å². The molecule has 0 radical (unpaired) electrons. The van der Waals surface area contributed by atoms with E-state index in [1.54, 1.807) is 18.2 Å². The van der Waals surface area contributed by atoms with Crippen molar-refractivity contribution in [2.75, 3.05) is 16.5 Å². The molecule has 3 heterocycles. The molecular weight excluding hydrogens is 817 g/mol. The third-order valence-electron chi connectivity index (χ3n) is 12.6. The number of benzene rings is 8. The molecule has 8 aromatic carbocycles. The lowest BCUT2D eigenvalue weighted by molar-refractivity contribution is 0.483. The van der Waals surface area contributed by atoms with Crippen LogP contribution in [0, 0.1) is 0 Å². The van der Waals surface area contributed by atoms with Crippen LogP contribution in [0.4, 0.5) is 22.7 Å². The summed E-state index contributed by atoms with van der Waals surface area (Å²) in [6, 6.07) is 40.9. The Balaban J connectivity index is 1.02. The van der Waals surface area contributed by atoms with E-state index in [0.29, 0.717) is 22.9 Å². The van der Waals surface area contributed by atoms with E-state index in [4.69, 9.17) is 23.4 Å². The maximum Gasteiger partial charge on any atom is 0.137 e. The second kappa shape index (κ2) is 16.5. The standard InChI is InChI=1S/C62H54N4O/c1-61(2,3)46-30-27-42(28-31-46)45-29-34-55-54(37-45)53-33-32-50(40-58(53)66(55)59-38-47(35-36-63-59)62(4,5)6)67-49-22-15-21-48(39-49)64-41-65(57-26-14-13-25-56(57)64)60-51(43-17-9-7-10-18-43)23-16-24-52(60)44-19-11-8-12-20-44/h7-40H,41H2,1-6H3/i7D,8D,9D,10D,11D,12D,17D,18D,19D,20D. The summed E-state index contributed by atoms with van der Waals surface area (Å²) in [7, 11) is 0. The van der Waals surface area contributed by atoms with E-state index in [1.807, 2.05) is 65.7 Å². The van der Waals surface area contributed by atoms with Gasteiger partial charge in [0.15, 0.2) is 0 Å². The van der Waals surface area contributed by atoms with Gasteiger partial charge in [-0.25, -0.2) is 4.98 Å². The summed E-state index contributed by atoms with van der Waals surface area (Å²) in [5.74, 6) is 1.94. The van der Waals surface area contributed by atoms with E-state index in [-0.39, 0.29) is 39.8 Å². The highest BCUT2D eigenvalue weighted by atomic mass is 16.5. The molecule has 2 aromatic heterocycles. The molecule has 1 aliphatic rings. The predicted molar refractivity (Wildman–Crippen MR) is 281 cm³/mol. The van der Waals surface area contributed by atoms with Crippen LogP contribution < -0.4 is 14.5 Å². The number of nitrogens with zero attached hydrogens (tertiary/aromatic N) is 4. The van der Waals surface area contributed by atoms with Crippen LogP contribution >= 0.6 is 0 Å². The lowest BCUT2D eigenvalue weighted by Crippen LogP contribution is -2.24. The van der Waals surface area contributed by atoms with E-state index in [9.17, 15) is 0 Å². The SMILES string of the molecule is [2H]c1c([2H])c([2H])c(-c2cccc(-c3c([2H])c([2H])c([2H])c([2H])c3[2H])c2N2CN(c3cccc(Oc4ccc5c6cc(-c7ccc(C(C)(C)C)cc7)ccc6n(-c6cc(C(C)(C)C)ccn6)c5c4)c3)c3ccccc32)c([2H])c1[2H]. The van der Waals surface area contributed by atoms with Crippen LogP contribution in [0.3, 0.4) is 0 Å². The van der Waals surface area contributed by atoms with Crippen molar-refractivity contribution < 1.29 is 18.4 Å². The van der Waals surface area contributed by atoms with Gasteiger partial charge in [-0.3, -0.25) is 4.57 Å². The zero-order valence-corrected chi connectivity index (χ0v) is 38.3. The smallest absolute Gasteiger partial charge is 0.137 e. The summed E-state index contributed by atoms with van der Waals surface area (Å²) in [5, 5.41) is 2.12. The summed E-state index contributed by atoms with van der Waals surface area (Å²) in [4.78, 5) is 8.89. The average molecular weight is 881 g/mol. The van der Waals surface area contributed by atoms with Crippen molar-refractivity contribution in [2.24, 2.45) is 0 Å². The molecule has 0 spiro atoms. The van der Waals surface area contributed by atoms with Crippen LogP contribution in [0.15, 0.2) is 206 Å². The van der Waals surface area contributed by atoms with Gasteiger partial charge in [0, 0.05) is 45.9 Å². The lowest BCUT2D eigenvalue weighted by atomic mass is 9.86. The Kier molecular flexibility index (Phi) is 7.86. The second-order valence-electron chi connectivity index (χ2n) is 19.0. The summed E-state index contributed by atoms with van der Waals surface area (Å²) >= 11 is 0. The molecule has 5 heteroatoms. The molecule has 0 bridgehead atoms. The minimum absolute atomic E-state index is 0.0372.